The second-order valence-electron chi connectivity index (χ2n) is 7.15. The van der Waals surface area contributed by atoms with Crippen LogP contribution in [0.1, 0.15) is 23.5 Å². The Bertz CT molecular complexity index is 1430. The number of furan rings is 1. The van der Waals surface area contributed by atoms with Crippen molar-refractivity contribution in [1.82, 2.24) is 15.3 Å². The average molecular weight is 425 g/mol. The van der Waals surface area contributed by atoms with Gasteiger partial charge in [-0.2, -0.15) is 0 Å². The smallest absolute Gasteiger partial charge is 0.255 e. The first-order valence-electron chi connectivity index (χ1n) is 9.86. The first-order chi connectivity index (χ1) is 15.1. The highest BCUT2D eigenvalue weighted by Gasteiger charge is 2.18. The Kier molecular flexibility index (Phi) is 5.60. The van der Waals surface area contributed by atoms with Crippen molar-refractivity contribution in [2.45, 2.75) is 14.4 Å². The number of amides is 1. The summed E-state index contributed by atoms with van der Waals surface area (Å²) in [6, 6.07) is 17.3. The number of benzene rings is 2. The maximum Gasteiger partial charge on any atom is 0.255 e. The third-order valence-electron chi connectivity index (χ3n) is 5.23. The fraction of sp³-hybridized carbons (Fsp3) is 0.115. The van der Waals surface area contributed by atoms with Gasteiger partial charge in [0, 0.05) is 42.5 Å². The summed E-state index contributed by atoms with van der Waals surface area (Å²) in [6.45, 7) is 1.78. The number of fused-ring (bicyclic) bond motifs is 2. The fourth-order valence-corrected chi connectivity index (χ4v) is 3.73. The number of pyridine rings is 2. The van der Waals surface area contributed by atoms with Gasteiger partial charge in [0.15, 0.2) is 0 Å². The molecule has 160 valence electrons. The summed E-state index contributed by atoms with van der Waals surface area (Å²) in [7, 11) is 1.60. The summed E-state index contributed by atoms with van der Waals surface area (Å²) < 4.78 is 12.0. The lowest BCUT2D eigenvalue weighted by molar-refractivity contribution is 0.0963. The molecule has 3 heterocycles. The molecule has 0 unspecified atom stereocenters. The van der Waals surface area contributed by atoms with Gasteiger partial charge in [-0.1, -0.05) is 13.5 Å². The molecule has 0 spiro atoms. The van der Waals surface area contributed by atoms with Crippen LogP contribution in [0.2, 0.25) is 0 Å². The Hall–Kier alpha value is -4.19. The first-order valence-corrected chi connectivity index (χ1v) is 9.86. The molecule has 0 aliphatic rings. The van der Waals surface area contributed by atoms with E-state index >= 15 is 0 Å². The molecule has 3 aromatic heterocycles. The zero-order valence-electron chi connectivity index (χ0n) is 17.0. The van der Waals surface area contributed by atoms with Crippen molar-refractivity contribution in [2.24, 2.45) is 0 Å². The maximum absolute atomic E-state index is 12.2. The van der Waals surface area contributed by atoms with E-state index in [1.54, 1.807) is 38.6 Å². The van der Waals surface area contributed by atoms with Crippen LogP contribution in [0.25, 0.3) is 33.0 Å². The summed E-state index contributed by atoms with van der Waals surface area (Å²) in [4.78, 5) is 20.7. The Labute approximate surface area is 185 Å². The molecule has 5 aromatic rings. The van der Waals surface area contributed by atoms with E-state index in [1.807, 2.05) is 42.5 Å². The summed E-state index contributed by atoms with van der Waals surface area (Å²) in [5.41, 5.74) is 4.11. The monoisotopic (exact) mass is 425 g/mol. The number of hydrogen-bond acceptors (Lipinski definition) is 5. The summed E-state index contributed by atoms with van der Waals surface area (Å²) in [5.74, 6) is 1.71. The van der Waals surface area contributed by atoms with Crippen LogP contribution in [0.3, 0.4) is 0 Å². The van der Waals surface area contributed by atoms with Gasteiger partial charge in [-0.3, -0.25) is 14.8 Å². The number of aryl methyl sites for hydroxylation is 1. The van der Waals surface area contributed by atoms with Gasteiger partial charge in [-0.25, -0.2) is 0 Å². The van der Waals surface area contributed by atoms with Crippen molar-refractivity contribution >= 4 is 27.8 Å². The fourth-order valence-electron chi connectivity index (χ4n) is 3.73. The van der Waals surface area contributed by atoms with E-state index in [9.17, 15) is 4.79 Å². The van der Waals surface area contributed by atoms with Crippen LogP contribution in [0, 0.1) is 6.92 Å². The minimum atomic E-state index is -0.173. The molecule has 32 heavy (non-hydrogen) atoms. The topological polar surface area (TPSA) is 77.2 Å². The highest BCUT2D eigenvalue weighted by Crippen LogP contribution is 2.34. The largest absolute Gasteiger partial charge is 0.460 e. The van der Waals surface area contributed by atoms with Crippen LogP contribution in [0.5, 0.6) is 11.5 Å². The van der Waals surface area contributed by atoms with Crippen molar-refractivity contribution in [2.75, 3.05) is 7.05 Å². The lowest BCUT2D eigenvalue weighted by Gasteiger charge is -2.10. The molecule has 0 aliphatic carbocycles. The van der Waals surface area contributed by atoms with E-state index in [0.29, 0.717) is 28.4 Å². The molecule has 6 nitrogen and oxygen atoms in total. The van der Waals surface area contributed by atoms with Gasteiger partial charge in [0.25, 0.3) is 5.91 Å². The number of carbonyl (C=O) groups is 1. The van der Waals surface area contributed by atoms with E-state index in [4.69, 9.17) is 9.15 Å². The molecule has 6 heteroatoms. The van der Waals surface area contributed by atoms with E-state index < -0.39 is 0 Å². The van der Waals surface area contributed by atoms with E-state index in [2.05, 4.69) is 21.4 Å². The molecule has 5 rings (SSSR count). The molecule has 0 aliphatic heterocycles. The number of rotatable bonds is 4. The van der Waals surface area contributed by atoms with Gasteiger partial charge in [0.05, 0.1) is 11.1 Å². The van der Waals surface area contributed by atoms with Crippen molar-refractivity contribution < 1.29 is 13.9 Å². The van der Waals surface area contributed by atoms with E-state index in [0.717, 1.165) is 27.4 Å². The zero-order chi connectivity index (χ0) is 21.4. The highest BCUT2D eigenvalue weighted by molar-refractivity contribution is 6.07. The van der Waals surface area contributed by atoms with Crippen LogP contribution >= 0.6 is 0 Å². The van der Waals surface area contributed by atoms with Gasteiger partial charge in [-0.05, 0) is 60.5 Å². The predicted octanol–water partition coefficient (Wildman–Crippen LogP) is 6.14. The molecule has 1 N–H and O–H groups in total. The van der Waals surface area contributed by atoms with Crippen molar-refractivity contribution in [1.29, 1.82) is 0 Å². The van der Waals surface area contributed by atoms with Gasteiger partial charge in [-0.15, -0.1) is 0 Å². The molecular formula is C26H23N3O3. The average Bonchev–Trinajstić information content (AvgIpc) is 3.14. The van der Waals surface area contributed by atoms with Crippen molar-refractivity contribution in [3.63, 3.8) is 0 Å². The lowest BCUT2D eigenvalue weighted by Crippen LogP contribution is -2.18. The number of carbonyl (C=O) groups excluding carboxylic acids is 1. The number of ether oxygens (including phenoxy) is 1. The molecule has 0 fully saturated rings. The van der Waals surface area contributed by atoms with Crippen LogP contribution in [-0.4, -0.2) is 22.9 Å². The Morgan fingerprint density at radius 3 is 2.53 bits per heavy atom. The van der Waals surface area contributed by atoms with Gasteiger partial charge < -0.3 is 14.5 Å². The van der Waals surface area contributed by atoms with Gasteiger partial charge in [0.1, 0.15) is 22.8 Å². The molecule has 0 saturated heterocycles. The third kappa shape index (κ3) is 3.67. The highest BCUT2D eigenvalue weighted by atomic mass is 16.5. The van der Waals surface area contributed by atoms with Crippen molar-refractivity contribution in [3.05, 3.63) is 84.5 Å². The third-order valence-corrected chi connectivity index (χ3v) is 5.23. The number of nitrogens with zero attached hydrogens (tertiary/aromatic N) is 2. The molecule has 0 atom stereocenters. The minimum Gasteiger partial charge on any atom is -0.460 e. The lowest BCUT2D eigenvalue weighted by atomic mass is 10.0. The van der Waals surface area contributed by atoms with Gasteiger partial charge >= 0.3 is 0 Å². The standard InChI is InChI=1S/C25H19N3O3.CH4/c1-15-24(25(29)26-2)19-5-4-18(14-23(19)30-15)31-22-9-12-28-21-6-3-17(13-20(21)22)16-7-10-27-11-8-16;/h3-14H,1-2H3,(H,26,29);1H4. The Morgan fingerprint density at radius 2 is 1.75 bits per heavy atom. The number of nitrogens with one attached hydrogen (secondary N) is 1. The second kappa shape index (κ2) is 8.51. The molecular weight excluding hydrogens is 402 g/mol. The maximum atomic E-state index is 12.2. The molecule has 2 aromatic carbocycles. The molecule has 0 bridgehead atoms. The normalized spacial score (nSPS) is 10.7. The van der Waals surface area contributed by atoms with Crippen LogP contribution < -0.4 is 10.1 Å². The molecule has 0 radical (unpaired) electrons. The summed E-state index contributed by atoms with van der Waals surface area (Å²) in [5, 5.41) is 4.31. The molecule has 0 saturated carbocycles. The number of hydrogen-bond donors (Lipinski definition) is 1. The summed E-state index contributed by atoms with van der Waals surface area (Å²) in [6.07, 6.45) is 5.27. The van der Waals surface area contributed by atoms with E-state index in [1.165, 1.54) is 0 Å². The van der Waals surface area contributed by atoms with Crippen LogP contribution in [0.15, 0.2) is 77.6 Å². The molecule has 1 amide bonds. The van der Waals surface area contributed by atoms with Crippen LogP contribution in [0.4, 0.5) is 0 Å². The second-order valence-corrected chi connectivity index (χ2v) is 7.15. The Balaban J connectivity index is 0.00000245. The summed E-state index contributed by atoms with van der Waals surface area (Å²) >= 11 is 0. The minimum absolute atomic E-state index is 0. The Morgan fingerprint density at radius 1 is 0.938 bits per heavy atom. The number of aromatic nitrogens is 2. The van der Waals surface area contributed by atoms with E-state index in [-0.39, 0.29) is 13.3 Å². The quantitative estimate of drug-likeness (QED) is 0.374. The zero-order valence-corrected chi connectivity index (χ0v) is 17.0. The van der Waals surface area contributed by atoms with Crippen LogP contribution in [-0.2, 0) is 0 Å². The predicted molar refractivity (Wildman–Crippen MR) is 126 cm³/mol. The van der Waals surface area contributed by atoms with Gasteiger partial charge in [0.2, 0.25) is 0 Å². The van der Waals surface area contributed by atoms with Crippen molar-refractivity contribution in [3.8, 4) is 22.6 Å². The first kappa shape index (κ1) is 21.1. The SMILES string of the molecule is C.CNC(=O)c1c(C)oc2cc(Oc3ccnc4ccc(-c5ccncc5)cc34)ccc12.